The summed E-state index contributed by atoms with van der Waals surface area (Å²) in [5.41, 5.74) is 0.427. The van der Waals surface area contributed by atoms with E-state index in [1.165, 1.54) is 42.5 Å². The van der Waals surface area contributed by atoms with Crippen molar-refractivity contribution in [2.24, 2.45) is 0 Å². The van der Waals surface area contributed by atoms with Gasteiger partial charge < -0.3 is 10.1 Å². The van der Waals surface area contributed by atoms with E-state index in [1.54, 1.807) is 0 Å². The van der Waals surface area contributed by atoms with Gasteiger partial charge in [0.2, 0.25) is 10.0 Å². The van der Waals surface area contributed by atoms with Crippen LogP contribution in [-0.4, -0.2) is 27.5 Å². The molecule has 0 radical (unpaired) electrons. The molecule has 0 aliphatic carbocycles. The van der Waals surface area contributed by atoms with E-state index in [0.717, 1.165) is 12.8 Å². The van der Waals surface area contributed by atoms with Crippen LogP contribution in [0, 0.1) is 5.82 Å². The van der Waals surface area contributed by atoms with Crippen LogP contribution in [0.5, 0.6) is 5.75 Å². The molecule has 2 N–H and O–H groups in total. The van der Waals surface area contributed by atoms with Gasteiger partial charge in [0.05, 0.1) is 9.92 Å². The molecular formula is C18H20ClFN2O4S. The third-order valence-corrected chi connectivity index (χ3v) is 5.28. The highest BCUT2D eigenvalue weighted by atomic mass is 35.5. The number of ether oxygens (including phenoxy) is 1. The summed E-state index contributed by atoms with van der Waals surface area (Å²) in [6, 6.07) is 9.30. The van der Waals surface area contributed by atoms with Crippen molar-refractivity contribution in [3.63, 3.8) is 0 Å². The van der Waals surface area contributed by atoms with Crippen molar-refractivity contribution >= 4 is 33.2 Å². The number of hydrogen-bond acceptors (Lipinski definition) is 4. The van der Waals surface area contributed by atoms with E-state index in [2.05, 4.69) is 10.0 Å². The van der Waals surface area contributed by atoms with Gasteiger partial charge in [-0.1, -0.05) is 24.9 Å². The predicted molar refractivity (Wildman–Crippen MR) is 102 cm³/mol. The molecule has 6 nitrogen and oxygen atoms in total. The van der Waals surface area contributed by atoms with Gasteiger partial charge in [-0.3, -0.25) is 4.79 Å². The fourth-order valence-corrected chi connectivity index (χ4v) is 3.51. The molecule has 1 amide bonds. The molecule has 0 aliphatic rings. The van der Waals surface area contributed by atoms with Crippen molar-refractivity contribution in [2.45, 2.75) is 24.7 Å². The highest BCUT2D eigenvalue weighted by Gasteiger charge is 2.16. The van der Waals surface area contributed by atoms with Crippen molar-refractivity contribution < 1.29 is 22.3 Å². The maximum absolute atomic E-state index is 12.8. The number of anilines is 1. The quantitative estimate of drug-likeness (QED) is 0.614. The summed E-state index contributed by atoms with van der Waals surface area (Å²) in [5, 5.41) is 2.62. The van der Waals surface area contributed by atoms with Gasteiger partial charge in [-0.25, -0.2) is 17.5 Å². The van der Waals surface area contributed by atoms with E-state index >= 15 is 0 Å². The lowest BCUT2D eigenvalue weighted by atomic mass is 10.3. The Labute approximate surface area is 162 Å². The number of carbonyl (C=O) groups excluding carboxylic acids is 1. The van der Waals surface area contributed by atoms with Crippen molar-refractivity contribution in [3.05, 3.63) is 53.3 Å². The van der Waals surface area contributed by atoms with Gasteiger partial charge in [-0.2, -0.15) is 0 Å². The standard InChI is InChI=1S/C18H20ClFN2O4S/c1-2-3-10-21-27(24,25)15-8-9-17(16(19)11-15)26-12-18(23)22-14-6-4-13(20)5-7-14/h4-9,11,21H,2-3,10,12H2,1H3,(H,22,23). The number of rotatable bonds is 9. The molecular weight excluding hydrogens is 395 g/mol. The van der Waals surface area contributed by atoms with Crippen LogP contribution in [0.1, 0.15) is 19.8 Å². The molecule has 146 valence electrons. The molecule has 2 rings (SSSR count). The molecule has 0 aliphatic heterocycles. The molecule has 0 unspecified atom stereocenters. The smallest absolute Gasteiger partial charge is 0.262 e. The molecule has 0 spiro atoms. The number of unbranched alkanes of at least 4 members (excludes halogenated alkanes) is 1. The Morgan fingerprint density at radius 2 is 1.89 bits per heavy atom. The Balaban J connectivity index is 1.95. The molecule has 27 heavy (non-hydrogen) atoms. The summed E-state index contributed by atoms with van der Waals surface area (Å²) in [6.45, 7) is 1.97. The fourth-order valence-electron chi connectivity index (χ4n) is 2.11. The Hall–Kier alpha value is -2.16. The van der Waals surface area contributed by atoms with Gasteiger partial charge in [0.15, 0.2) is 6.61 Å². The second-order valence-corrected chi connectivity index (χ2v) is 7.86. The largest absolute Gasteiger partial charge is 0.482 e. The highest BCUT2D eigenvalue weighted by Crippen LogP contribution is 2.27. The third-order valence-electron chi connectivity index (χ3n) is 3.52. The lowest BCUT2D eigenvalue weighted by Gasteiger charge is -2.11. The minimum absolute atomic E-state index is 0.0201. The number of sulfonamides is 1. The van der Waals surface area contributed by atoms with E-state index in [9.17, 15) is 17.6 Å². The van der Waals surface area contributed by atoms with Crippen LogP contribution in [-0.2, 0) is 14.8 Å². The van der Waals surface area contributed by atoms with Gasteiger partial charge in [-0.05, 0) is 48.9 Å². The van der Waals surface area contributed by atoms with E-state index in [-0.39, 0.29) is 22.3 Å². The zero-order valence-electron chi connectivity index (χ0n) is 14.7. The predicted octanol–water partition coefficient (Wildman–Crippen LogP) is 3.58. The van der Waals surface area contributed by atoms with Crippen molar-refractivity contribution in [2.75, 3.05) is 18.5 Å². The molecule has 0 saturated heterocycles. The lowest BCUT2D eigenvalue weighted by molar-refractivity contribution is -0.118. The Bertz CT molecular complexity index is 889. The van der Waals surface area contributed by atoms with Gasteiger partial charge >= 0.3 is 0 Å². The molecule has 0 saturated carbocycles. The second kappa shape index (κ2) is 9.68. The van der Waals surface area contributed by atoms with E-state index in [4.69, 9.17) is 16.3 Å². The van der Waals surface area contributed by atoms with E-state index in [0.29, 0.717) is 12.2 Å². The Morgan fingerprint density at radius 3 is 2.52 bits per heavy atom. The highest BCUT2D eigenvalue weighted by molar-refractivity contribution is 7.89. The maximum Gasteiger partial charge on any atom is 0.262 e. The first kappa shape index (κ1) is 21.1. The summed E-state index contributed by atoms with van der Waals surface area (Å²) in [5.74, 6) is -0.690. The zero-order chi connectivity index (χ0) is 19.9. The first-order chi connectivity index (χ1) is 12.8. The minimum atomic E-state index is -3.65. The third kappa shape index (κ3) is 6.50. The lowest BCUT2D eigenvalue weighted by Crippen LogP contribution is -2.24. The molecule has 9 heteroatoms. The summed E-state index contributed by atoms with van der Waals surface area (Å²) in [6.07, 6.45) is 1.60. The fraction of sp³-hybridized carbons (Fsp3) is 0.278. The van der Waals surface area contributed by atoms with Crippen molar-refractivity contribution in [3.8, 4) is 5.75 Å². The first-order valence-electron chi connectivity index (χ1n) is 8.29. The molecule has 0 heterocycles. The average molecular weight is 415 g/mol. The number of nitrogens with one attached hydrogen (secondary N) is 2. The van der Waals surface area contributed by atoms with Gasteiger partial charge in [-0.15, -0.1) is 0 Å². The maximum atomic E-state index is 12.8. The van der Waals surface area contributed by atoms with Gasteiger partial charge in [0.25, 0.3) is 5.91 Å². The summed E-state index contributed by atoms with van der Waals surface area (Å²) >= 11 is 6.07. The molecule has 0 aromatic heterocycles. The Kier molecular flexibility index (Phi) is 7.58. The topological polar surface area (TPSA) is 84.5 Å². The van der Waals surface area contributed by atoms with Crippen LogP contribution in [0.4, 0.5) is 10.1 Å². The van der Waals surface area contributed by atoms with Crippen LogP contribution in [0.25, 0.3) is 0 Å². The second-order valence-electron chi connectivity index (χ2n) is 5.69. The van der Waals surface area contributed by atoms with Crippen LogP contribution < -0.4 is 14.8 Å². The number of benzene rings is 2. The van der Waals surface area contributed by atoms with Crippen LogP contribution in [0.15, 0.2) is 47.4 Å². The first-order valence-corrected chi connectivity index (χ1v) is 10.2. The molecule has 2 aromatic rings. The van der Waals surface area contributed by atoms with E-state index in [1.807, 2.05) is 6.92 Å². The summed E-state index contributed by atoms with van der Waals surface area (Å²) in [7, 11) is -3.65. The normalized spacial score (nSPS) is 11.2. The van der Waals surface area contributed by atoms with Gasteiger partial charge in [0.1, 0.15) is 11.6 Å². The molecule has 0 fully saturated rings. The minimum Gasteiger partial charge on any atom is -0.482 e. The SMILES string of the molecule is CCCCNS(=O)(=O)c1ccc(OCC(=O)Nc2ccc(F)cc2)c(Cl)c1. The Morgan fingerprint density at radius 1 is 1.19 bits per heavy atom. The van der Waals surface area contributed by atoms with Crippen molar-refractivity contribution in [1.29, 1.82) is 0 Å². The number of carbonyl (C=O) groups is 1. The number of amides is 1. The molecule has 0 bridgehead atoms. The average Bonchev–Trinajstić information content (AvgIpc) is 2.62. The number of halogens is 2. The summed E-state index contributed by atoms with van der Waals surface area (Å²) < 4.78 is 45.0. The molecule has 0 atom stereocenters. The zero-order valence-corrected chi connectivity index (χ0v) is 16.2. The summed E-state index contributed by atoms with van der Waals surface area (Å²) in [4.78, 5) is 11.9. The van der Waals surface area contributed by atoms with Crippen LogP contribution >= 0.6 is 11.6 Å². The number of hydrogen-bond donors (Lipinski definition) is 2. The van der Waals surface area contributed by atoms with Crippen LogP contribution in [0.2, 0.25) is 5.02 Å². The van der Waals surface area contributed by atoms with E-state index < -0.39 is 21.7 Å². The van der Waals surface area contributed by atoms with Crippen molar-refractivity contribution in [1.82, 2.24) is 4.72 Å². The monoisotopic (exact) mass is 414 g/mol. The molecule has 2 aromatic carbocycles. The van der Waals surface area contributed by atoms with Gasteiger partial charge in [0, 0.05) is 12.2 Å². The van der Waals surface area contributed by atoms with Crippen LogP contribution in [0.3, 0.4) is 0 Å².